The van der Waals surface area contributed by atoms with Crippen LogP contribution in [0.2, 0.25) is 0 Å². The van der Waals surface area contributed by atoms with E-state index in [0.29, 0.717) is 25.6 Å². The van der Waals surface area contributed by atoms with Gasteiger partial charge in [-0.15, -0.1) is 13.2 Å². The van der Waals surface area contributed by atoms with E-state index >= 15 is 0 Å². The number of nitrogens with zero attached hydrogens (tertiary/aromatic N) is 3. The average molecular weight is 452 g/mol. The van der Waals surface area contributed by atoms with Crippen molar-refractivity contribution < 1.29 is 27.4 Å². The summed E-state index contributed by atoms with van der Waals surface area (Å²) in [6, 6.07) is 9.79. The fourth-order valence-electron chi connectivity index (χ4n) is 3.43. The van der Waals surface area contributed by atoms with Crippen molar-refractivity contribution in [2.75, 3.05) is 30.0 Å². The number of rotatable bonds is 8. The van der Waals surface area contributed by atoms with Gasteiger partial charge in [0.1, 0.15) is 11.6 Å². The minimum Gasteiger partial charge on any atom is -0.449 e. The first-order chi connectivity index (χ1) is 15.2. The average Bonchev–Trinajstić information content (AvgIpc) is 3.08. The number of benzene rings is 1. The molecule has 1 aromatic carbocycles. The molecule has 7 nitrogen and oxygen atoms in total. The first kappa shape index (κ1) is 23.6. The predicted molar refractivity (Wildman–Crippen MR) is 114 cm³/mol. The van der Waals surface area contributed by atoms with Crippen molar-refractivity contribution in [2.45, 2.75) is 45.6 Å². The number of aromatic nitrogens is 1. The zero-order chi connectivity index (χ0) is 23.1. The van der Waals surface area contributed by atoms with Crippen LogP contribution >= 0.6 is 0 Å². The number of amides is 1. The van der Waals surface area contributed by atoms with E-state index in [1.54, 1.807) is 24.4 Å². The molecule has 0 aliphatic carbocycles. The summed E-state index contributed by atoms with van der Waals surface area (Å²) in [5, 5.41) is 2.64. The third-order valence-electron chi connectivity index (χ3n) is 5.07. The summed E-state index contributed by atoms with van der Waals surface area (Å²) in [7, 11) is 0. The molecule has 1 N–H and O–H groups in total. The standard InChI is InChI=1S/C22H27F3N4O3/c1-3-4-11-31-21(30)27-20-12-17(9-10-26-20)14-28-15-29(13-16(28)2)18-5-7-19(8-6-18)32-22(23,24)25/h5-10,12,16H,3-4,11,13-15H2,1-2H3,(H,26,27,30). The molecular weight excluding hydrogens is 425 g/mol. The molecule has 1 saturated heterocycles. The van der Waals surface area contributed by atoms with Gasteiger partial charge in [-0.25, -0.2) is 9.78 Å². The lowest BCUT2D eigenvalue weighted by Gasteiger charge is -2.21. The molecule has 1 aliphatic heterocycles. The number of halogens is 3. The highest BCUT2D eigenvalue weighted by molar-refractivity contribution is 5.83. The summed E-state index contributed by atoms with van der Waals surface area (Å²) in [6.07, 6.45) is -1.85. The molecule has 10 heteroatoms. The molecule has 0 spiro atoms. The van der Waals surface area contributed by atoms with Crippen LogP contribution < -0.4 is 15.0 Å². The number of carbonyl (C=O) groups excluding carboxylic acids is 1. The highest BCUT2D eigenvalue weighted by Crippen LogP contribution is 2.28. The SMILES string of the molecule is CCCCOC(=O)Nc1cc(CN2CN(c3ccc(OC(F)(F)F)cc3)CC2C)ccn1. The molecule has 1 aromatic heterocycles. The molecule has 1 aliphatic rings. The number of anilines is 2. The van der Waals surface area contributed by atoms with Gasteiger partial charge in [-0.3, -0.25) is 10.2 Å². The Morgan fingerprint density at radius 2 is 2.00 bits per heavy atom. The monoisotopic (exact) mass is 452 g/mol. The molecule has 0 saturated carbocycles. The van der Waals surface area contributed by atoms with E-state index < -0.39 is 12.5 Å². The van der Waals surface area contributed by atoms with Gasteiger partial charge in [-0.1, -0.05) is 13.3 Å². The summed E-state index contributed by atoms with van der Waals surface area (Å²) in [5.74, 6) is 0.184. The Morgan fingerprint density at radius 1 is 1.25 bits per heavy atom. The second-order valence-corrected chi connectivity index (χ2v) is 7.67. The lowest BCUT2D eigenvalue weighted by molar-refractivity contribution is -0.274. The van der Waals surface area contributed by atoms with Crippen LogP contribution in [0.15, 0.2) is 42.6 Å². The van der Waals surface area contributed by atoms with Gasteiger partial charge in [0.25, 0.3) is 0 Å². The molecule has 2 heterocycles. The number of hydrogen-bond acceptors (Lipinski definition) is 6. The topological polar surface area (TPSA) is 66.9 Å². The van der Waals surface area contributed by atoms with Crippen LogP contribution in [-0.4, -0.2) is 48.2 Å². The van der Waals surface area contributed by atoms with Crippen molar-refractivity contribution in [2.24, 2.45) is 0 Å². The third-order valence-corrected chi connectivity index (χ3v) is 5.07. The summed E-state index contributed by atoms with van der Waals surface area (Å²) < 4.78 is 46.1. The number of alkyl halides is 3. The van der Waals surface area contributed by atoms with E-state index in [1.807, 2.05) is 13.0 Å². The van der Waals surface area contributed by atoms with Crippen molar-refractivity contribution in [1.29, 1.82) is 0 Å². The molecule has 32 heavy (non-hydrogen) atoms. The highest BCUT2D eigenvalue weighted by Gasteiger charge is 2.31. The van der Waals surface area contributed by atoms with Gasteiger partial charge in [0.2, 0.25) is 0 Å². The minimum absolute atomic E-state index is 0.227. The highest BCUT2D eigenvalue weighted by atomic mass is 19.4. The largest absolute Gasteiger partial charge is 0.573 e. The Kier molecular flexibility index (Phi) is 7.79. The fourth-order valence-corrected chi connectivity index (χ4v) is 3.43. The molecule has 3 rings (SSSR count). The lowest BCUT2D eigenvalue weighted by Crippen LogP contribution is -2.28. The van der Waals surface area contributed by atoms with E-state index in [9.17, 15) is 18.0 Å². The molecule has 2 aromatic rings. The summed E-state index contributed by atoms with van der Waals surface area (Å²) in [6.45, 7) is 6.46. The number of pyridine rings is 1. The zero-order valence-electron chi connectivity index (χ0n) is 18.1. The molecule has 174 valence electrons. The lowest BCUT2D eigenvalue weighted by atomic mass is 10.2. The summed E-state index contributed by atoms with van der Waals surface area (Å²) in [4.78, 5) is 20.3. The second kappa shape index (κ2) is 10.5. The van der Waals surface area contributed by atoms with E-state index in [0.717, 1.165) is 30.6 Å². The predicted octanol–water partition coefficient (Wildman–Crippen LogP) is 5.00. The van der Waals surface area contributed by atoms with Crippen molar-refractivity contribution in [3.63, 3.8) is 0 Å². The fraction of sp³-hybridized carbons (Fsp3) is 0.455. The zero-order valence-corrected chi connectivity index (χ0v) is 18.1. The first-order valence-corrected chi connectivity index (χ1v) is 10.5. The van der Waals surface area contributed by atoms with Gasteiger partial charge >= 0.3 is 12.5 Å². The van der Waals surface area contributed by atoms with Crippen LogP contribution in [0.3, 0.4) is 0 Å². The molecule has 1 amide bonds. The Morgan fingerprint density at radius 3 is 2.69 bits per heavy atom. The summed E-state index contributed by atoms with van der Waals surface area (Å²) >= 11 is 0. The minimum atomic E-state index is -4.70. The quantitative estimate of drug-likeness (QED) is 0.569. The molecule has 0 bridgehead atoms. The van der Waals surface area contributed by atoms with Crippen molar-refractivity contribution in [1.82, 2.24) is 9.88 Å². The number of carbonyl (C=O) groups is 1. The molecule has 1 unspecified atom stereocenters. The summed E-state index contributed by atoms with van der Waals surface area (Å²) in [5.41, 5.74) is 1.80. The third kappa shape index (κ3) is 7.01. The van der Waals surface area contributed by atoms with Crippen LogP contribution in [-0.2, 0) is 11.3 Å². The smallest absolute Gasteiger partial charge is 0.449 e. The number of unbranched alkanes of at least 4 members (excludes halogenated alkanes) is 1. The van der Waals surface area contributed by atoms with Crippen LogP contribution in [0, 0.1) is 0 Å². The van der Waals surface area contributed by atoms with Gasteiger partial charge in [0.15, 0.2) is 0 Å². The van der Waals surface area contributed by atoms with Gasteiger partial charge in [-0.05, 0) is 55.3 Å². The Hall–Kier alpha value is -3.01. The van der Waals surface area contributed by atoms with Crippen LogP contribution in [0.25, 0.3) is 0 Å². The maximum absolute atomic E-state index is 12.3. The normalized spacial score (nSPS) is 16.8. The second-order valence-electron chi connectivity index (χ2n) is 7.67. The molecule has 0 radical (unpaired) electrons. The van der Waals surface area contributed by atoms with E-state index in [4.69, 9.17) is 4.74 Å². The molecular formula is C22H27F3N4O3. The Bertz CT molecular complexity index is 893. The Balaban J connectivity index is 1.56. The Labute approximate surface area is 185 Å². The molecule has 1 atom stereocenters. The van der Waals surface area contributed by atoms with Crippen LogP contribution in [0.5, 0.6) is 5.75 Å². The maximum atomic E-state index is 12.3. The van der Waals surface area contributed by atoms with Gasteiger partial charge in [0.05, 0.1) is 13.3 Å². The maximum Gasteiger partial charge on any atom is 0.573 e. The van der Waals surface area contributed by atoms with Crippen LogP contribution in [0.1, 0.15) is 32.3 Å². The van der Waals surface area contributed by atoms with Crippen molar-refractivity contribution >= 4 is 17.6 Å². The van der Waals surface area contributed by atoms with Gasteiger partial charge in [0, 0.05) is 31.0 Å². The van der Waals surface area contributed by atoms with E-state index in [-0.39, 0.29) is 11.8 Å². The van der Waals surface area contributed by atoms with Gasteiger partial charge < -0.3 is 14.4 Å². The number of hydrogen-bond donors (Lipinski definition) is 1. The van der Waals surface area contributed by atoms with Crippen molar-refractivity contribution in [3.8, 4) is 5.75 Å². The number of nitrogens with one attached hydrogen (secondary N) is 1. The van der Waals surface area contributed by atoms with Crippen molar-refractivity contribution in [3.05, 3.63) is 48.2 Å². The van der Waals surface area contributed by atoms with E-state index in [1.165, 1.54) is 12.1 Å². The first-order valence-electron chi connectivity index (χ1n) is 10.5. The van der Waals surface area contributed by atoms with Crippen LogP contribution in [0.4, 0.5) is 29.5 Å². The van der Waals surface area contributed by atoms with Gasteiger partial charge in [-0.2, -0.15) is 0 Å². The number of ether oxygens (including phenoxy) is 2. The van der Waals surface area contributed by atoms with E-state index in [2.05, 4.69) is 31.8 Å². The molecule has 1 fully saturated rings.